The van der Waals surface area contributed by atoms with Crippen molar-refractivity contribution in [1.29, 1.82) is 0 Å². The van der Waals surface area contributed by atoms with Gasteiger partial charge in [0.1, 0.15) is 4.83 Å². The molecule has 102 valence electrons. The van der Waals surface area contributed by atoms with Gasteiger partial charge in [0, 0.05) is 37.0 Å². The van der Waals surface area contributed by atoms with E-state index < -0.39 is 6.85 Å². The highest BCUT2D eigenvalue weighted by molar-refractivity contribution is 7.26. The summed E-state index contributed by atoms with van der Waals surface area (Å²) >= 11 is 1.51. The first kappa shape index (κ1) is 8.25. The van der Waals surface area contributed by atoms with Gasteiger partial charge in [0.25, 0.3) is 0 Å². The summed E-state index contributed by atoms with van der Waals surface area (Å²) < 4.78 is 39.8. The number of aromatic nitrogens is 2. The molecule has 0 unspecified atom stereocenters. The van der Waals surface area contributed by atoms with Gasteiger partial charge in [-0.25, -0.2) is 4.98 Å². The third-order valence-corrected chi connectivity index (χ3v) is 4.55. The molecule has 3 aromatic heterocycles. The lowest BCUT2D eigenvalue weighted by Crippen LogP contribution is -1.84. The van der Waals surface area contributed by atoms with E-state index in [1.165, 1.54) is 17.5 Å². The van der Waals surface area contributed by atoms with Crippen molar-refractivity contribution in [1.82, 2.24) is 9.97 Å². The highest BCUT2D eigenvalue weighted by Gasteiger charge is 2.11. The largest absolute Gasteiger partial charge is 0.256 e. The Balaban J connectivity index is 2.01. The van der Waals surface area contributed by atoms with E-state index in [4.69, 9.17) is 6.85 Å². The summed E-state index contributed by atoms with van der Waals surface area (Å²) in [4.78, 5) is 9.71. The standard InChI is InChI=1S/C18H14N2S/c1-11-6-9-16(19-10-11)15-5-3-4-13-14-8-7-12(2)20-18(14)21-17(13)15/h3-10H,1-2H3/i1D3,6D,9D. The molecule has 0 N–H and O–H groups in total. The van der Waals surface area contributed by atoms with Gasteiger partial charge in [-0.1, -0.05) is 24.2 Å². The van der Waals surface area contributed by atoms with Crippen LogP contribution in [0.4, 0.5) is 0 Å². The fourth-order valence-corrected chi connectivity index (χ4v) is 3.65. The second-order valence-electron chi connectivity index (χ2n) is 4.86. The molecule has 3 heterocycles. The van der Waals surface area contributed by atoms with Crippen LogP contribution in [0.15, 0.2) is 48.6 Å². The molecule has 0 bridgehead atoms. The topological polar surface area (TPSA) is 25.8 Å². The molecule has 0 aliphatic heterocycles. The SMILES string of the molecule is [2H]c1c(C([2H])([2H])[2H])cnc(-c2cccc3c2sc2nc(C)ccc23)c1[2H]. The molecule has 0 aliphatic carbocycles. The summed E-state index contributed by atoms with van der Waals surface area (Å²) in [6, 6.07) is 9.24. The zero-order valence-electron chi connectivity index (χ0n) is 16.3. The predicted molar refractivity (Wildman–Crippen MR) is 89.8 cm³/mol. The first-order valence-corrected chi connectivity index (χ1v) is 7.35. The molecule has 1 aromatic carbocycles. The molecule has 0 fully saturated rings. The molecule has 0 amide bonds. The summed E-state index contributed by atoms with van der Waals surface area (Å²) in [6.07, 6.45) is 1.19. The second kappa shape index (κ2) is 4.64. The van der Waals surface area contributed by atoms with Crippen LogP contribution in [0, 0.1) is 13.8 Å². The van der Waals surface area contributed by atoms with Crippen molar-refractivity contribution in [2.75, 3.05) is 0 Å². The summed E-state index contributed by atoms with van der Waals surface area (Å²) in [5.74, 6) is 0. The van der Waals surface area contributed by atoms with Gasteiger partial charge in [-0.2, -0.15) is 0 Å². The molecule has 0 spiro atoms. The van der Waals surface area contributed by atoms with E-state index in [0.717, 1.165) is 31.6 Å². The van der Waals surface area contributed by atoms with Gasteiger partial charge in [-0.3, -0.25) is 4.98 Å². The number of hydrogen-bond donors (Lipinski definition) is 0. The summed E-state index contributed by atoms with van der Waals surface area (Å²) in [7, 11) is 0. The first-order chi connectivity index (χ1) is 12.3. The van der Waals surface area contributed by atoms with Crippen molar-refractivity contribution in [2.24, 2.45) is 0 Å². The van der Waals surface area contributed by atoms with Gasteiger partial charge in [-0.05, 0) is 37.5 Å². The summed E-state index contributed by atoms with van der Waals surface area (Å²) in [5, 5.41) is 2.05. The van der Waals surface area contributed by atoms with E-state index in [0.29, 0.717) is 5.69 Å². The molecular formula is C18H14N2S. The molecule has 3 heteroatoms. The number of aryl methyl sites for hydroxylation is 2. The van der Waals surface area contributed by atoms with Gasteiger partial charge >= 0.3 is 0 Å². The minimum atomic E-state index is -2.45. The van der Waals surface area contributed by atoms with Crippen LogP contribution < -0.4 is 0 Å². The Kier molecular flexibility index (Phi) is 1.82. The van der Waals surface area contributed by atoms with Crippen LogP contribution in [0.2, 0.25) is 0 Å². The van der Waals surface area contributed by atoms with E-state index in [1.54, 1.807) is 0 Å². The molecule has 21 heavy (non-hydrogen) atoms. The fourth-order valence-electron chi connectivity index (χ4n) is 2.41. The Morgan fingerprint density at radius 1 is 1.14 bits per heavy atom. The lowest BCUT2D eigenvalue weighted by molar-refractivity contribution is 1.27. The van der Waals surface area contributed by atoms with Crippen molar-refractivity contribution < 1.29 is 6.85 Å². The van der Waals surface area contributed by atoms with Gasteiger partial charge in [0.15, 0.2) is 0 Å². The van der Waals surface area contributed by atoms with Crippen molar-refractivity contribution in [2.45, 2.75) is 13.8 Å². The highest BCUT2D eigenvalue weighted by Crippen LogP contribution is 2.38. The third kappa shape index (κ3) is 2.01. The predicted octanol–water partition coefficient (Wildman–Crippen LogP) is 5.13. The summed E-state index contributed by atoms with van der Waals surface area (Å²) in [6.45, 7) is -0.516. The van der Waals surface area contributed by atoms with Crippen LogP contribution >= 0.6 is 11.3 Å². The molecule has 4 aromatic rings. The minimum Gasteiger partial charge on any atom is -0.256 e. The van der Waals surface area contributed by atoms with Crippen LogP contribution in [0.5, 0.6) is 0 Å². The monoisotopic (exact) mass is 295 g/mol. The smallest absolute Gasteiger partial charge is 0.124 e. The van der Waals surface area contributed by atoms with E-state index in [1.807, 2.05) is 37.3 Å². The van der Waals surface area contributed by atoms with Crippen LogP contribution in [-0.2, 0) is 0 Å². The zero-order valence-corrected chi connectivity index (χ0v) is 12.1. The Bertz CT molecular complexity index is 1160. The Morgan fingerprint density at radius 2 is 2.10 bits per heavy atom. The third-order valence-electron chi connectivity index (χ3n) is 3.40. The number of fused-ring (bicyclic) bond motifs is 3. The highest BCUT2D eigenvalue weighted by atomic mass is 32.1. The molecular weight excluding hydrogens is 276 g/mol. The minimum absolute atomic E-state index is 0.173. The quantitative estimate of drug-likeness (QED) is 0.486. The zero-order chi connectivity index (χ0) is 18.6. The lowest BCUT2D eigenvalue weighted by atomic mass is 10.1. The number of hydrogen-bond acceptors (Lipinski definition) is 3. The number of rotatable bonds is 1. The van der Waals surface area contributed by atoms with Crippen LogP contribution in [0.25, 0.3) is 31.6 Å². The molecule has 0 aliphatic rings. The molecule has 2 nitrogen and oxygen atoms in total. The molecule has 4 rings (SSSR count). The first-order valence-electron chi connectivity index (χ1n) is 9.03. The Labute approximate surface area is 134 Å². The maximum absolute atomic E-state index is 8.29. The van der Waals surface area contributed by atoms with Gasteiger partial charge in [-0.15, -0.1) is 11.3 Å². The normalized spacial score (nSPS) is 15.4. The molecule has 0 saturated carbocycles. The van der Waals surface area contributed by atoms with E-state index in [-0.39, 0.29) is 17.6 Å². The summed E-state index contributed by atoms with van der Waals surface area (Å²) in [5.41, 5.74) is 1.77. The fraction of sp³-hybridized carbons (Fsp3) is 0.111. The van der Waals surface area contributed by atoms with Crippen LogP contribution in [0.1, 0.15) is 18.1 Å². The van der Waals surface area contributed by atoms with Crippen molar-refractivity contribution in [3.63, 3.8) is 0 Å². The number of benzene rings is 1. The van der Waals surface area contributed by atoms with E-state index >= 15 is 0 Å². The Hall–Kier alpha value is -2.26. The van der Waals surface area contributed by atoms with Crippen molar-refractivity contribution >= 4 is 31.6 Å². The average Bonchev–Trinajstić information content (AvgIpc) is 2.93. The van der Waals surface area contributed by atoms with Crippen LogP contribution in [-0.4, -0.2) is 9.97 Å². The maximum atomic E-state index is 8.29. The Morgan fingerprint density at radius 3 is 3.00 bits per heavy atom. The molecule has 0 atom stereocenters. The molecule has 0 radical (unpaired) electrons. The van der Waals surface area contributed by atoms with Crippen molar-refractivity contribution in [3.05, 3.63) is 59.9 Å². The lowest BCUT2D eigenvalue weighted by Gasteiger charge is -2.02. The van der Waals surface area contributed by atoms with Gasteiger partial charge in [0.2, 0.25) is 0 Å². The second-order valence-corrected chi connectivity index (χ2v) is 5.86. The maximum Gasteiger partial charge on any atom is 0.124 e. The number of nitrogens with zero attached hydrogens (tertiary/aromatic N) is 2. The molecule has 0 saturated heterocycles. The van der Waals surface area contributed by atoms with Gasteiger partial charge in [0.05, 0.1) is 8.44 Å². The number of thiophene rings is 1. The van der Waals surface area contributed by atoms with E-state index in [9.17, 15) is 0 Å². The van der Waals surface area contributed by atoms with Gasteiger partial charge < -0.3 is 0 Å². The van der Waals surface area contributed by atoms with Crippen molar-refractivity contribution in [3.8, 4) is 11.3 Å². The number of pyridine rings is 2. The van der Waals surface area contributed by atoms with E-state index in [2.05, 4.69) is 9.97 Å². The van der Waals surface area contributed by atoms with Crippen LogP contribution in [0.3, 0.4) is 0 Å². The average molecular weight is 295 g/mol.